The maximum Gasteiger partial charge on any atom is 0.224 e. The molecule has 0 radical (unpaired) electrons. The van der Waals surface area contributed by atoms with Gasteiger partial charge in [-0.05, 0) is 63.5 Å². The van der Waals surface area contributed by atoms with Gasteiger partial charge in [-0.3, -0.25) is 9.36 Å². The molecule has 0 aliphatic heterocycles. The minimum Gasteiger partial charge on any atom is -0.354 e. The van der Waals surface area contributed by atoms with Crippen molar-refractivity contribution in [2.75, 3.05) is 16.9 Å². The van der Waals surface area contributed by atoms with Crippen LogP contribution in [0, 0.1) is 5.82 Å². The monoisotopic (exact) mass is 558 g/mol. The Kier molecular flexibility index (Phi) is 7.98. The maximum atomic E-state index is 14.5. The summed E-state index contributed by atoms with van der Waals surface area (Å²) in [6, 6.07) is 6.74. The number of hydrogen-bond donors (Lipinski definition) is 4. The molecule has 0 saturated heterocycles. The molecule has 0 spiro atoms. The molecule has 3 aromatic rings. The fraction of sp³-hybridized carbons (Fsp3) is 0.538. The average molecular weight is 559 g/mol. The number of rotatable bonds is 8. The molecule has 4 N–H and O–H groups in total. The molecule has 2 aliphatic carbocycles. The van der Waals surface area contributed by atoms with Crippen molar-refractivity contribution in [2.45, 2.75) is 82.5 Å². The molecule has 1 aromatic carbocycles. The Balaban J connectivity index is 1.38. The minimum absolute atomic E-state index is 0.0296. The predicted molar refractivity (Wildman–Crippen MR) is 148 cm³/mol. The minimum atomic E-state index is -3.23. The first-order valence-electron chi connectivity index (χ1n) is 13.4. The average Bonchev–Trinajstić information content (AvgIpc) is 3.23. The summed E-state index contributed by atoms with van der Waals surface area (Å²) in [5, 5.41) is 9.59. The van der Waals surface area contributed by atoms with E-state index >= 15 is 0 Å². The van der Waals surface area contributed by atoms with E-state index in [1.165, 1.54) is 19.2 Å². The summed E-state index contributed by atoms with van der Waals surface area (Å²) >= 11 is 0. The smallest absolute Gasteiger partial charge is 0.224 e. The molecule has 2 fully saturated rings. The van der Waals surface area contributed by atoms with Crippen LogP contribution < -0.4 is 20.7 Å². The number of carbonyl (C=O) groups is 1. The number of benzene rings is 1. The van der Waals surface area contributed by atoms with Gasteiger partial charge in [0, 0.05) is 31.1 Å². The number of para-hydroxylation sites is 1. The van der Waals surface area contributed by atoms with Crippen LogP contribution in [0.25, 0.3) is 11.2 Å². The molecule has 0 bridgehead atoms. The summed E-state index contributed by atoms with van der Waals surface area (Å²) in [5.74, 6) is 0.572. The van der Waals surface area contributed by atoms with Crippen molar-refractivity contribution in [2.24, 2.45) is 0 Å². The standard InChI is InChI=1S/C26H35FN8O3S/c1-16(36)29-17-11-13-20(14-12-17)35-24-23(32-26(35)31-22-6-4-3-5-21(22)27)15-28-25(33-24)30-18-7-9-19(10-8-18)34-39(2,37)38/h3-6,15,17-20,34H,7-14H2,1-2H3,(H,29,36)(H,31,32)(H,28,30,33)/t17-,18-,19-,20-. The number of halogens is 1. The topological polar surface area (TPSA) is 143 Å². The Morgan fingerprint density at radius 2 is 1.64 bits per heavy atom. The first kappa shape index (κ1) is 27.3. The van der Waals surface area contributed by atoms with Crippen LogP contribution in [0.1, 0.15) is 64.3 Å². The zero-order valence-electron chi connectivity index (χ0n) is 22.2. The van der Waals surface area contributed by atoms with Crippen molar-refractivity contribution in [3.05, 3.63) is 36.3 Å². The normalized spacial score (nSPS) is 23.9. The highest BCUT2D eigenvalue weighted by Gasteiger charge is 2.28. The Morgan fingerprint density at radius 1 is 0.974 bits per heavy atom. The third kappa shape index (κ3) is 6.82. The summed E-state index contributed by atoms with van der Waals surface area (Å²) < 4.78 is 42.4. The zero-order valence-corrected chi connectivity index (χ0v) is 23.0. The van der Waals surface area contributed by atoms with E-state index in [2.05, 4.69) is 25.7 Å². The summed E-state index contributed by atoms with van der Waals surface area (Å²) in [4.78, 5) is 25.6. The number of hydrogen-bond acceptors (Lipinski definition) is 8. The molecule has 2 saturated carbocycles. The van der Waals surface area contributed by atoms with Crippen LogP contribution in [0.15, 0.2) is 30.5 Å². The molecular weight excluding hydrogens is 523 g/mol. The quantitative estimate of drug-likeness (QED) is 0.328. The van der Waals surface area contributed by atoms with Gasteiger partial charge in [-0.1, -0.05) is 12.1 Å². The van der Waals surface area contributed by atoms with Gasteiger partial charge in [-0.25, -0.2) is 27.5 Å². The molecule has 39 heavy (non-hydrogen) atoms. The van der Waals surface area contributed by atoms with Gasteiger partial charge in [0.2, 0.25) is 27.8 Å². The summed E-state index contributed by atoms with van der Waals surface area (Å²) in [7, 11) is -3.23. The largest absolute Gasteiger partial charge is 0.354 e. The lowest BCUT2D eigenvalue weighted by atomic mass is 9.91. The molecule has 0 atom stereocenters. The van der Waals surface area contributed by atoms with E-state index in [9.17, 15) is 17.6 Å². The van der Waals surface area contributed by atoms with E-state index in [0.717, 1.165) is 51.4 Å². The lowest BCUT2D eigenvalue weighted by Gasteiger charge is -2.31. The molecule has 210 valence electrons. The SMILES string of the molecule is CC(=O)N[C@H]1CC[C@H](n2c(Nc3ccccc3F)nc3cnc(N[C@H]4CC[C@H](NS(C)(=O)=O)CC4)nc32)CC1. The zero-order chi connectivity index (χ0) is 27.6. The highest BCUT2D eigenvalue weighted by Crippen LogP contribution is 2.35. The van der Waals surface area contributed by atoms with Crippen molar-refractivity contribution >= 4 is 44.7 Å². The van der Waals surface area contributed by atoms with E-state index in [1.807, 2.05) is 4.57 Å². The number of sulfonamides is 1. The first-order chi connectivity index (χ1) is 18.6. The Bertz CT molecular complexity index is 1430. The van der Waals surface area contributed by atoms with Gasteiger partial charge >= 0.3 is 0 Å². The van der Waals surface area contributed by atoms with Gasteiger partial charge in [0.25, 0.3) is 0 Å². The lowest BCUT2D eigenvalue weighted by Crippen LogP contribution is -2.39. The van der Waals surface area contributed by atoms with Crippen molar-refractivity contribution in [3.8, 4) is 0 Å². The predicted octanol–water partition coefficient (Wildman–Crippen LogP) is 3.60. The molecule has 2 aliphatic rings. The number of nitrogens with zero attached hydrogens (tertiary/aromatic N) is 4. The van der Waals surface area contributed by atoms with E-state index in [1.54, 1.807) is 24.4 Å². The molecule has 1 amide bonds. The van der Waals surface area contributed by atoms with Crippen molar-refractivity contribution < 1.29 is 17.6 Å². The van der Waals surface area contributed by atoms with E-state index in [-0.39, 0.29) is 35.9 Å². The van der Waals surface area contributed by atoms with Crippen molar-refractivity contribution in [1.29, 1.82) is 0 Å². The molecular formula is C26H35FN8O3S. The lowest BCUT2D eigenvalue weighted by molar-refractivity contribution is -0.119. The molecule has 2 heterocycles. The number of fused-ring (bicyclic) bond motifs is 1. The fourth-order valence-electron chi connectivity index (χ4n) is 5.68. The summed E-state index contributed by atoms with van der Waals surface area (Å²) in [5.41, 5.74) is 1.58. The molecule has 13 heteroatoms. The second-order valence-electron chi connectivity index (χ2n) is 10.6. The molecule has 5 rings (SSSR count). The van der Waals surface area contributed by atoms with Crippen LogP contribution in [-0.2, 0) is 14.8 Å². The maximum absolute atomic E-state index is 14.5. The summed E-state index contributed by atoms with van der Waals surface area (Å²) in [6.07, 6.45) is 9.19. The number of imidazole rings is 1. The summed E-state index contributed by atoms with van der Waals surface area (Å²) in [6.45, 7) is 1.53. The number of amides is 1. The van der Waals surface area contributed by atoms with Crippen LogP contribution in [0.4, 0.5) is 22.0 Å². The Labute approximate surface area is 227 Å². The highest BCUT2D eigenvalue weighted by atomic mass is 32.2. The van der Waals surface area contributed by atoms with Gasteiger partial charge in [-0.15, -0.1) is 0 Å². The van der Waals surface area contributed by atoms with E-state index in [4.69, 9.17) is 9.97 Å². The Hall–Kier alpha value is -3.32. The number of anilines is 3. The second-order valence-corrected chi connectivity index (χ2v) is 12.4. The van der Waals surface area contributed by atoms with Gasteiger partial charge < -0.3 is 16.0 Å². The Morgan fingerprint density at radius 3 is 2.31 bits per heavy atom. The number of nitrogens with one attached hydrogen (secondary N) is 4. The molecule has 2 aromatic heterocycles. The molecule has 11 nitrogen and oxygen atoms in total. The van der Waals surface area contributed by atoms with Crippen LogP contribution in [0.5, 0.6) is 0 Å². The van der Waals surface area contributed by atoms with Gasteiger partial charge in [0.05, 0.1) is 18.1 Å². The van der Waals surface area contributed by atoms with Crippen molar-refractivity contribution in [1.82, 2.24) is 29.6 Å². The van der Waals surface area contributed by atoms with E-state index < -0.39 is 10.0 Å². The van der Waals surface area contributed by atoms with Gasteiger partial charge in [-0.2, -0.15) is 4.98 Å². The third-order valence-electron chi connectivity index (χ3n) is 7.46. The fourth-order valence-corrected chi connectivity index (χ4v) is 6.53. The van der Waals surface area contributed by atoms with Gasteiger partial charge in [0.1, 0.15) is 11.3 Å². The van der Waals surface area contributed by atoms with E-state index in [0.29, 0.717) is 28.7 Å². The van der Waals surface area contributed by atoms with Crippen LogP contribution in [0.3, 0.4) is 0 Å². The third-order valence-corrected chi connectivity index (χ3v) is 8.22. The second kappa shape index (κ2) is 11.4. The molecule has 0 unspecified atom stereocenters. The number of aromatic nitrogens is 4. The van der Waals surface area contributed by atoms with Crippen LogP contribution >= 0.6 is 0 Å². The van der Waals surface area contributed by atoms with Crippen molar-refractivity contribution in [3.63, 3.8) is 0 Å². The van der Waals surface area contributed by atoms with Crippen LogP contribution in [0.2, 0.25) is 0 Å². The highest BCUT2D eigenvalue weighted by molar-refractivity contribution is 7.88. The van der Waals surface area contributed by atoms with Crippen LogP contribution in [-0.4, -0.2) is 58.2 Å². The first-order valence-corrected chi connectivity index (χ1v) is 15.3. The number of carbonyl (C=O) groups excluding carboxylic acids is 1. The van der Waals surface area contributed by atoms with Gasteiger partial charge in [0.15, 0.2) is 5.65 Å².